The van der Waals surface area contributed by atoms with Crippen molar-refractivity contribution in [2.24, 2.45) is 0 Å². The standard InChI is InChI=1S/C24H31N3O4S/c28-23(25-21-8-2-1-3-9-21)12-13-24(29)26-14-16-27(17-15-26)32(30,31)22-11-10-19-6-4-5-7-20(19)18-22/h4-7,10-11,18,21H,1-3,8-9,12-17H2,(H,25,28). The minimum atomic E-state index is -3.61. The van der Waals surface area contributed by atoms with Gasteiger partial charge in [0.25, 0.3) is 0 Å². The molecule has 1 saturated carbocycles. The van der Waals surface area contributed by atoms with Gasteiger partial charge in [0.05, 0.1) is 4.90 Å². The number of sulfonamides is 1. The molecule has 1 saturated heterocycles. The zero-order valence-electron chi connectivity index (χ0n) is 18.3. The molecule has 2 amide bonds. The van der Waals surface area contributed by atoms with Gasteiger partial charge < -0.3 is 10.2 Å². The largest absolute Gasteiger partial charge is 0.353 e. The summed E-state index contributed by atoms with van der Waals surface area (Å²) in [6.07, 6.45) is 5.92. The number of rotatable bonds is 6. The lowest BCUT2D eigenvalue weighted by molar-refractivity contribution is -0.134. The van der Waals surface area contributed by atoms with Gasteiger partial charge in [-0.2, -0.15) is 4.31 Å². The molecule has 2 aliphatic rings. The zero-order valence-corrected chi connectivity index (χ0v) is 19.1. The maximum Gasteiger partial charge on any atom is 0.243 e. The Balaban J connectivity index is 1.28. The van der Waals surface area contributed by atoms with E-state index in [0.717, 1.165) is 36.5 Å². The predicted molar refractivity (Wildman–Crippen MR) is 124 cm³/mol. The first-order valence-electron chi connectivity index (χ1n) is 11.5. The number of fused-ring (bicyclic) bond motifs is 1. The molecule has 172 valence electrons. The summed E-state index contributed by atoms with van der Waals surface area (Å²) in [5.74, 6) is -0.158. The lowest BCUT2D eigenvalue weighted by atomic mass is 9.95. The van der Waals surface area contributed by atoms with Crippen LogP contribution in [0.2, 0.25) is 0 Å². The van der Waals surface area contributed by atoms with Crippen LogP contribution in [0.15, 0.2) is 47.4 Å². The molecule has 1 aliphatic carbocycles. The third-order valence-electron chi connectivity index (χ3n) is 6.49. The first-order chi connectivity index (χ1) is 15.4. The maximum absolute atomic E-state index is 13.1. The number of hydrogen-bond acceptors (Lipinski definition) is 4. The average molecular weight is 458 g/mol. The highest BCUT2D eigenvalue weighted by atomic mass is 32.2. The molecule has 4 rings (SSSR count). The number of hydrogen-bond donors (Lipinski definition) is 1. The van der Waals surface area contributed by atoms with Crippen LogP contribution in [0.4, 0.5) is 0 Å². The Kier molecular flexibility index (Phi) is 7.10. The number of amides is 2. The first-order valence-corrected chi connectivity index (χ1v) is 12.9. The van der Waals surface area contributed by atoms with Crippen molar-refractivity contribution < 1.29 is 18.0 Å². The van der Waals surface area contributed by atoms with Crippen LogP contribution in [0.5, 0.6) is 0 Å². The molecule has 2 fully saturated rings. The summed E-state index contributed by atoms with van der Waals surface area (Å²) in [4.78, 5) is 26.6. The van der Waals surface area contributed by atoms with Crippen LogP contribution in [0, 0.1) is 0 Å². The molecule has 1 aliphatic heterocycles. The van der Waals surface area contributed by atoms with Crippen LogP contribution in [0.1, 0.15) is 44.9 Å². The van der Waals surface area contributed by atoms with Crippen molar-refractivity contribution in [3.05, 3.63) is 42.5 Å². The molecular formula is C24H31N3O4S. The summed E-state index contributed by atoms with van der Waals surface area (Å²) in [5, 5.41) is 4.92. The van der Waals surface area contributed by atoms with Gasteiger partial charge >= 0.3 is 0 Å². The molecule has 0 spiro atoms. The molecule has 0 aromatic heterocycles. The minimum absolute atomic E-state index is 0.0669. The molecule has 1 heterocycles. The smallest absolute Gasteiger partial charge is 0.243 e. The van der Waals surface area contributed by atoms with E-state index in [0.29, 0.717) is 13.1 Å². The Bertz CT molecular complexity index is 1070. The second-order valence-corrected chi connectivity index (χ2v) is 10.6. The highest BCUT2D eigenvalue weighted by Crippen LogP contribution is 2.23. The highest BCUT2D eigenvalue weighted by molar-refractivity contribution is 7.89. The van der Waals surface area contributed by atoms with Gasteiger partial charge in [-0.05, 0) is 35.7 Å². The number of nitrogens with one attached hydrogen (secondary N) is 1. The van der Waals surface area contributed by atoms with Crippen molar-refractivity contribution in [2.45, 2.75) is 55.9 Å². The van der Waals surface area contributed by atoms with E-state index in [-0.39, 0.29) is 48.7 Å². The molecule has 7 nitrogen and oxygen atoms in total. The summed E-state index contributed by atoms with van der Waals surface area (Å²) in [7, 11) is -3.61. The van der Waals surface area contributed by atoms with Crippen LogP contribution in [0.25, 0.3) is 10.8 Å². The second-order valence-electron chi connectivity index (χ2n) is 8.70. The van der Waals surface area contributed by atoms with E-state index in [1.54, 1.807) is 17.0 Å². The molecule has 0 bridgehead atoms. The molecule has 2 aromatic carbocycles. The number of piperazine rings is 1. The van der Waals surface area contributed by atoms with Gasteiger partial charge in [0, 0.05) is 45.1 Å². The van der Waals surface area contributed by atoms with Crippen LogP contribution >= 0.6 is 0 Å². The van der Waals surface area contributed by atoms with Gasteiger partial charge in [0.1, 0.15) is 0 Å². The van der Waals surface area contributed by atoms with Gasteiger partial charge in [-0.3, -0.25) is 9.59 Å². The molecule has 0 radical (unpaired) electrons. The normalized spacial score (nSPS) is 18.6. The van der Waals surface area contributed by atoms with Crippen LogP contribution in [0.3, 0.4) is 0 Å². The lowest BCUT2D eigenvalue weighted by Crippen LogP contribution is -2.50. The monoisotopic (exact) mass is 457 g/mol. The van der Waals surface area contributed by atoms with E-state index in [2.05, 4.69) is 5.32 Å². The summed E-state index contributed by atoms with van der Waals surface area (Å²) in [6, 6.07) is 13.1. The van der Waals surface area contributed by atoms with Gasteiger partial charge in [-0.25, -0.2) is 8.42 Å². The number of nitrogens with zero attached hydrogens (tertiary/aromatic N) is 2. The summed E-state index contributed by atoms with van der Waals surface area (Å²) < 4.78 is 27.6. The fourth-order valence-corrected chi connectivity index (χ4v) is 6.04. The van der Waals surface area contributed by atoms with Crippen LogP contribution in [-0.2, 0) is 19.6 Å². The van der Waals surface area contributed by atoms with E-state index in [1.165, 1.54) is 10.7 Å². The molecule has 0 unspecified atom stereocenters. The predicted octanol–water partition coefficient (Wildman–Crippen LogP) is 2.90. The summed E-state index contributed by atoms with van der Waals surface area (Å²) in [6.45, 7) is 1.20. The average Bonchev–Trinajstić information content (AvgIpc) is 2.83. The molecule has 0 atom stereocenters. The molecule has 2 aromatic rings. The first kappa shape index (κ1) is 22.7. The second kappa shape index (κ2) is 10.0. The summed E-state index contributed by atoms with van der Waals surface area (Å²) >= 11 is 0. The van der Waals surface area contributed by atoms with Gasteiger partial charge in [-0.15, -0.1) is 0 Å². The Morgan fingerprint density at radius 3 is 2.28 bits per heavy atom. The topological polar surface area (TPSA) is 86.8 Å². The van der Waals surface area contributed by atoms with E-state index < -0.39 is 10.0 Å². The molecule has 32 heavy (non-hydrogen) atoms. The maximum atomic E-state index is 13.1. The van der Waals surface area contributed by atoms with Gasteiger partial charge in [0.2, 0.25) is 21.8 Å². The quantitative estimate of drug-likeness (QED) is 0.723. The van der Waals surface area contributed by atoms with Crippen molar-refractivity contribution >= 4 is 32.6 Å². The lowest BCUT2D eigenvalue weighted by Gasteiger charge is -2.34. The Labute approximate surface area is 189 Å². The van der Waals surface area contributed by atoms with Crippen molar-refractivity contribution in [1.29, 1.82) is 0 Å². The Hall–Kier alpha value is -2.45. The van der Waals surface area contributed by atoms with Crippen molar-refractivity contribution in [3.8, 4) is 0 Å². The Morgan fingerprint density at radius 1 is 0.875 bits per heavy atom. The van der Waals surface area contributed by atoms with Gasteiger partial charge in [-0.1, -0.05) is 49.6 Å². The van der Waals surface area contributed by atoms with E-state index >= 15 is 0 Å². The summed E-state index contributed by atoms with van der Waals surface area (Å²) in [5.41, 5.74) is 0. The number of carbonyl (C=O) groups excluding carboxylic acids is 2. The van der Waals surface area contributed by atoms with E-state index in [4.69, 9.17) is 0 Å². The van der Waals surface area contributed by atoms with Crippen molar-refractivity contribution in [3.63, 3.8) is 0 Å². The minimum Gasteiger partial charge on any atom is -0.353 e. The highest BCUT2D eigenvalue weighted by Gasteiger charge is 2.30. The molecule has 1 N–H and O–H groups in total. The van der Waals surface area contributed by atoms with Crippen molar-refractivity contribution in [2.75, 3.05) is 26.2 Å². The zero-order chi connectivity index (χ0) is 22.6. The van der Waals surface area contributed by atoms with E-state index in [9.17, 15) is 18.0 Å². The fourth-order valence-electron chi connectivity index (χ4n) is 4.58. The van der Waals surface area contributed by atoms with Gasteiger partial charge in [0.15, 0.2) is 0 Å². The third-order valence-corrected chi connectivity index (χ3v) is 8.38. The SMILES string of the molecule is O=C(CCC(=O)N1CCN(S(=O)(=O)c2ccc3ccccc3c2)CC1)NC1CCCCC1. The molecular weight excluding hydrogens is 426 g/mol. The number of benzene rings is 2. The Morgan fingerprint density at radius 2 is 1.56 bits per heavy atom. The molecule has 8 heteroatoms. The number of carbonyl (C=O) groups is 2. The fraction of sp³-hybridized carbons (Fsp3) is 0.500. The van der Waals surface area contributed by atoms with Crippen LogP contribution in [-0.4, -0.2) is 61.7 Å². The van der Waals surface area contributed by atoms with Crippen molar-refractivity contribution in [1.82, 2.24) is 14.5 Å². The third kappa shape index (κ3) is 5.30. The van der Waals surface area contributed by atoms with Crippen LogP contribution < -0.4 is 5.32 Å². The van der Waals surface area contributed by atoms with E-state index in [1.807, 2.05) is 30.3 Å².